The summed E-state index contributed by atoms with van der Waals surface area (Å²) in [7, 11) is 2.08. The molecule has 1 aliphatic rings. The van der Waals surface area contributed by atoms with E-state index in [0.29, 0.717) is 17.1 Å². The van der Waals surface area contributed by atoms with Crippen LogP contribution in [0.4, 0.5) is 0 Å². The zero-order chi connectivity index (χ0) is 14.5. The van der Waals surface area contributed by atoms with Crippen molar-refractivity contribution in [1.29, 1.82) is 0 Å². The minimum Gasteiger partial charge on any atom is -0.395 e. The van der Waals surface area contributed by atoms with Crippen LogP contribution in [-0.2, 0) is 0 Å². The van der Waals surface area contributed by atoms with Crippen molar-refractivity contribution in [2.75, 3.05) is 33.3 Å². The van der Waals surface area contributed by atoms with Crippen LogP contribution in [-0.4, -0.2) is 65.1 Å². The van der Waals surface area contributed by atoms with Crippen molar-refractivity contribution in [3.63, 3.8) is 0 Å². The number of aromatic nitrogens is 1. The first-order chi connectivity index (χ1) is 9.63. The topological polar surface area (TPSA) is 56.7 Å². The van der Waals surface area contributed by atoms with Crippen LogP contribution in [0.15, 0.2) is 18.5 Å². The van der Waals surface area contributed by atoms with Crippen LogP contribution in [0.2, 0.25) is 5.02 Å². The molecule has 1 aromatic rings. The van der Waals surface area contributed by atoms with Crippen molar-refractivity contribution in [3.8, 4) is 0 Å². The standard InChI is InChI=1S/C14H20ClN3O2/c1-17-6-3-11(4-7-17)18(8-9-19)14(20)12-2-5-16-10-13(12)15/h2,5,10-11,19H,3-4,6-9H2,1H3. The molecule has 0 aliphatic carbocycles. The van der Waals surface area contributed by atoms with Crippen LogP contribution in [0.25, 0.3) is 0 Å². The molecule has 5 nitrogen and oxygen atoms in total. The van der Waals surface area contributed by atoms with Gasteiger partial charge in [-0.3, -0.25) is 9.78 Å². The number of pyridine rings is 1. The number of aliphatic hydroxyl groups excluding tert-OH is 1. The minimum atomic E-state index is -0.124. The lowest BCUT2D eigenvalue weighted by Crippen LogP contribution is -2.47. The summed E-state index contributed by atoms with van der Waals surface area (Å²) < 4.78 is 0. The molecule has 2 rings (SSSR count). The van der Waals surface area contributed by atoms with Gasteiger partial charge in [0.25, 0.3) is 5.91 Å². The number of halogens is 1. The van der Waals surface area contributed by atoms with E-state index < -0.39 is 0 Å². The zero-order valence-electron chi connectivity index (χ0n) is 11.6. The molecule has 1 aromatic heterocycles. The Kier molecular flexibility index (Phi) is 5.34. The van der Waals surface area contributed by atoms with Crippen molar-refractivity contribution in [2.24, 2.45) is 0 Å². The lowest BCUT2D eigenvalue weighted by atomic mass is 10.0. The largest absolute Gasteiger partial charge is 0.395 e. The number of likely N-dealkylation sites (tertiary alicyclic amines) is 1. The maximum absolute atomic E-state index is 12.6. The Morgan fingerprint density at radius 3 is 2.85 bits per heavy atom. The molecule has 2 heterocycles. The van der Waals surface area contributed by atoms with E-state index in [1.165, 1.54) is 6.20 Å². The summed E-state index contributed by atoms with van der Waals surface area (Å²) in [4.78, 5) is 20.5. The Bertz CT molecular complexity index is 461. The molecule has 0 aromatic carbocycles. The van der Waals surface area contributed by atoms with Gasteiger partial charge >= 0.3 is 0 Å². The van der Waals surface area contributed by atoms with Crippen LogP contribution in [0.5, 0.6) is 0 Å². The number of hydrogen-bond donors (Lipinski definition) is 1. The van der Waals surface area contributed by atoms with Gasteiger partial charge in [-0.15, -0.1) is 0 Å². The van der Waals surface area contributed by atoms with Crippen LogP contribution in [0.3, 0.4) is 0 Å². The molecule has 1 saturated heterocycles. The summed E-state index contributed by atoms with van der Waals surface area (Å²) in [5.74, 6) is -0.124. The molecule has 6 heteroatoms. The third-order valence-electron chi connectivity index (χ3n) is 3.73. The average Bonchev–Trinajstić information content (AvgIpc) is 2.46. The molecule has 1 N–H and O–H groups in total. The van der Waals surface area contributed by atoms with Gasteiger partial charge in [0.1, 0.15) is 0 Å². The third-order valence-corrected chi connectivity index (χ3v) is 4.03. The van der Waals surface area contributed by atoms with Crippen molar-refractivity contribution >= 4 is 17.5 Å². The fourth-order valence-corrected chi connectivity index (χ4v) is 2.77. The van der Waals surface area contributed by atoms with E-state index in [1.54, 1.807) is 17.2 Å². The number of amides is 1. The Morgan fingerprint density at radius 2 is 2.25 bits per heavy atom. The summed E-state index contributed by atoms with van der Waals surface area (Å²) in [5.41, 5.74) is 0.453. The molecule has 1 fully saturated rings. The van der Waals surface area contributed by atoms with Crippen LogP contribution < -0.4 is 0 Å². The SMILES string of the molecule is CN1CCC(N(CCO)C(=O)c2ccncc2Cl)CC1. The van der Waals surface area contributed by atoms with Gasteiger partial charge in [0.15, 0.2) is 0 Å². The number of carbonyl (C=O) groups is 1. The van der Waals surface area contributed by atoms with Crippen LogP contribution in [0.1, 0.15) is 23.2 Å². The predicted molar refractivity (Wildman–Crippen MR) is 77.9 cm³/mol. The van der Waals surface area contributed by atoms with Gasteiger partial charge in [-0.25, -0.2) is 0 Å². The van der Waals surface area contributed by atoms with E-state index in [0.717, 1.165) is 25.9 Å². The van der Waals surface area contributed by atoms with E-state index in [1.807, 2.05) is 0 Å². The van der Waals surface area contributed by atoms with Crippen molar-refractivity contribution in [3.05, 3.63) is 29.0 Å². The van der Waals surface area contributed by atoms with Gasteiger partial charge < -0.3 is 14.9 Å². The normalized spacial score (nSPS) is 17.1. The van der Waals surface area contributed by atoms with Gasteiger partial charge in [0, 0.05) is 25.0 Å². The van der Waals surface area contributed by atoms with E-state index in [2.05, 4.69) is 16.9 Å². The molecular formula is C14H20ClN3O2. The maximum Gasteiger partial charge on any atom is 0.255 e. The molecule has 0 saturated carbocycles. The molecule has 0 spiro atoms. The summed E-state index contributed by atoms with van der Waals surface area (Å²) in [6.07, 6.45) is 4.88. The highest BCUT2D eigenvalue weighted by molar-refractivity contribution is 6.33. The van der Waals surface area contributed by atoms with Crippen LogP contribution >= 0.6 is 11.6 Å². The van der Waals surface area contributed by atoms with Gasteiger partial charge in [-0.05, 0) is 39.0 Å². The fourth-order valence-electron chi connectivity index (χ4n) is 2.57. The second kappa shape index (κ2) is 7.02. The summed E-state index contributed by atoms with van der Waals surface area (Å²) in [5, 5.41) is 9.59. The lowest BCUT2D eigenvalue weighted by molar-refractivity contribution is 0.0540. The number of rotatable bonds is 4. The highest BCUT2D eigenvalue weighted by Crippen LogP contribution is 2.21. The number of nitrogens with zero attached hydrogens (tertiary/aromatic N) is 3. The number of hydrogen-bond acceptors (Lipinski definition) is 4. The second-order valence-corrected chi connectivity index (χ2v) is 5.52. The average molecular weight is 298 g/mol. The van der Waals surface area contributed by atoms with E-state index >= 15 is 0 Å². The Morgan fingerprint density at radius 1 is 1.55 bits per heavy atom. The molecule has 20 heavy (non-hydrogen) atoms. The summed E-state index contributed by atoms with van der Waals surface area (Å²) in [6, 6.07) is 1.79. The monoisotopic (exact) mass is 297 g/mol. The fraction of sp³-hybridized carbons (Fsp3) is 0.571. The molecule has 0 radical (unpaired) electrons. The maximum atomic E-state index is 12.6. The first-order valence-electron chi connectivity index (χ1n) is 6.83. The lowest BCUT2D eigenvalue weighted by Gasteiger charge is -2.37. The molecular weight excluding hydrogens is 278 g/mol. The molecule has 1 amide bonds. The molecule has 0 unspecified atom stereocenters. The Hall–Kier alpha value is -1.17. The highest BCUT2D eigenvalue weighted by atomic mass is 35.5. The summed E-state index contributed by atoms with van der Waals surface area (Å²) in [6.45, 7) is 2.22. The predicted octanol–water partition coefficient (Wildman–Crippen LogP) is 1.26. The molecule has 0 atom stereocenters. The quantitative estimate of drug-likeness (QED) is 0.909. The smallest absolute Gasteiger partial charge is 0.255 e. The number of piperidine rings is 1. The van der Waals surface area contributed by atoms with Crippen molar-refractivity contribution < 1.29 is 9.90 Å². The van der Waals surface area contributed by atoms with E-state index in [4.69, 9.17) is 11.6 Å². The zero-order valence-corrected chi connectivity index (χ0v) is 12.4. The number of carbonyl (C=O) groups excluding carboxylic acids is 1. The summed E-state index contributed by atoms with van der Waals surface area (Å²) >= 11 is 6.04. The van der Waals surface area contributed by atoms with E-state index in [-0.39, 0.29) is 18.6 Å². The van der Waals surface area contributed by atoms with Gasteiger partial charge in [-0.2, -0.15) is 0 Å². The number of aliphatic hydroxyl groups is 1. The first-order valence-corrected chi connectivity index (χ1v) is 7.21. The van der Waals surface area contributed by atoms with Gasteiger partial charge in [0.2, 0.25) is 0 Å². The molecule has 1 aliphatic heterocycles. The second-order valence-electron chi connectivity index (χ2n) is 5.11. The third kappa shape index (κ3) is 3.48. The minimum absolute atomic E-state index is 0.0409. The van der Waals surface area contributed by atoms with Crippen molar-refractivity contribution in [2.45, 2.75) is 18.9 Å². The van der Waals surface area contributed by atoms with Gasteiger partial charge in [0.05, 0.1) is 17.2 Å². The Labute approximate surface area is 124 Å². The first kappa shape index (κ1) is 15.2. The van der Waals surface area contributed by atoms with Crippen LogP contribution in [0, 0.1) is 0 Å². The van der Waals surface area contributed by atoms with E-state index in [9.17, 15) is 9.90 Å². The Balaban J connectivity index is 2.16. The molecule has 0 bridgehead atoms. The van der Waals surface area contributed by atoms with Crippen molar-refractivity contribution in [1.82, 2.24) is 14.8 Å². The molecule has 110 valence electrons. The van der Waals surface area contributed by atoms with Gasteiger partial charge in [-0.1, -0.05) is 11.6 Å². The highest BCUT2D eigenvalue weighted by Gasteiger charge is 2.28.